The molecule has 0 aliphatic carbocycles. The van der Waals surface area contributed by atoms with E-state index in [0.717, 1.165) is 22.6 Å². The maximum Gasteiger partial charge on any atom is 0.248 e. The second-order valence-electron chi connectivity index (χ2n) is 6.64. The van der Waals surface area contributed by atoms with Crippen molar-refractivity contribution < 1.29 is 19.0 Å². The lowest BCUT2D eigenvalue weighted by Gasteiger charge is -2.13. The lowest BCUT2D eigenvalue weighted by molar-refractivity contribution is -0.111. The highest BCUT2D eigenvalue weighted by molar-refractivity contribution is 6.03. The van der Waals surface area contributed by atoms with Gasteiger partial charge in [-0.1, -0.05) is 12.1 Å². The first kappa shape index (κ1) is 21.0. The molecule has 1 amide bonds. The Bertz CT molecular complexity index is 1060. The molecule has 3 aromatic rings. The summed E-state index contributed by atoms with van der Waals surface area (Å²) in [5.74, 6) is 1.27. The number of rotatable bonds is 7. The molecule has 7 heteroatoms. The molecule has 3 rings (SSSR count). The summed E-state index contributed by atoms with van der Waals surface area (Å²) in [7, 11) is 4.64. The first-order valence-electron chi connectivity index (χ1n) is 9.38. The summed E-state index contributed by atoms with van der Waals surface area (Å²) in [6.45, 7) is 3.91. The summed E-state index contributed by atoms with van der Waals surface area (Å²) in [4.78, 5) is 12.6. The molecule has 0 unspecified atom stereocenters. The number of aromatic nitrogens is 2. The van der Waals surface area contributed by atoms with E-state index in [1.54, 1.807) is 39.5 Å². The number of hydrogen-bond donors (Lipinski definition) is 1. The van der Waals surface area contributed by atoms with Crippen LogP contribution < -0.4 is 19.5 Å². The van der Waals surface area contributed by atoms with Crippen molar-refractivity contribution in [2.45, 2.75) is 13.8 Å². The van der Waals surface area contributed by atoms with Crippen molar-refractivity contribution in [2.75, 3.05) is 26.6 Å². The van der Waals surface area contributed by atoms with Crippen LogP contribution in [0.4, 0.5) is 5.69 Å². The molecular weight excluding hydrogens is 382 g/mol. The molecule has 1 aromatic heterocycles. The number of ether oxygens (including phenoxy) is 3. The van der Waals surface area contributed by atoms with Gasteiger partial charge in [-0.25, -0.2) is 4.68 Å². The van der Waals surface area contributed by atoms with E-state index in [2.05, 4.69) is 10.4 Å². The molecule has 0 spiro atoms. The van der Waals surface area contributed by atoms with Crippen LogP contribution in [0, 0.1) is 13.8 Å². The van der Waals surface area contributed by atoms with Crippen LogP contribution in [-0.2, 0) is 4.79 Å². The Hall–Kier alpha value is -3.74. The van der Waals surface area contributed by atoms with Crippen molar-refractivity contribution in [3.8, 4) is 22.9 Å². The van der Waals surface area contributed by atoms with Crippen LogP contribution in [-0.4, -0.2) is 37.0 Å². The van der Waals surface area contributed by atoms with Gasteiger partial charge in [0, 0.05) is 11.8 Å². The summed E-state index contributed by atoms with van der Waals surface area (Å²) >= 11 is 0. The number of carbonyl (C=O) groups is 1. The maximum atomic E-state index is 12.6. The predicted molar refractivity (Wildman–Crippen MR) is 117 cm³/mol. The zero-order chi connectivity index (χ0) is 21.7. The van der Waals surface area contributed by atoms with Crippen molar-refractivity contribution in [3.05, 3.63) is 65.5 Å². The molecule has 30 heavy (non-hydrogen) atoms. The topological polar surface area (TPSA) is 74.6 Å². The standard InChI is InChI=1S/C23H25N3O4/c1-15-12-16(2)26(25-15)19-9-7-6-8-18(19)24-22(27)11-10-17-13-20(28-3)23(30-5)21(14-17)29-4/h6-14H,1-5H3,(H,24,27)/b11-10+. The van der Waals surface area contributed by atoms with Crippen molar-refractivity contribution in [2.24, 2.45) is 0 Å². The highest BCUT2D eigenvalue weighted by atomic mass is 16.5. The minimum absolute atomic E-state index is 0.266. The average molecular weight is 407 g/mol. The molecule has 2 aromatic carbocycles. The second kappa shape index (κ2) is 9.17. The Labute approximate surface area is 175 Å². The van der Waals surface area contributed by atoms with Crippen LogP contribution in [0.2, 0.25) is 0 Å². The fourth-order valence-electron chi connectivity index (χ4n) is 3.18. The van der Waals surface area contributed by atoms with Gasteiger partial charge in [-0.05, 0) is 55.8 Å². The minimum atomic E-state index is -0.266. The molecule has 7 nitrogen and oxygen atoms in total. The van der Waals surface area contributed by atoms with Gasteiger partial charge in [0.25, 0.3) is 0 Å². The Kier molecular flexibility index (Phi) is 6.41. The Morgan fingerprint density at radius 1 is 1.00 bits per heavy atom. The number of methoxy groups -OCH3 is 3. The van der Waals surface area contributed by atoms with Crippen molar-refractivity contribution in [1.82, 2.24) is 9.78 Å². The normalized spacial score (nSPS) is 10.8. The number of para-hydroxylation sites is 2. The molecule has 156 valence electrons. The van der Waals surface area contributed by atoms with Crippen LogP contribution in [0.5, 0.6) is 17.2 Å². The van der Waals surface area contributed by atoms with Gasteiger partial charge in [0.05, 0.1) is 38.4 Å². The largest absolute Gasteiger partial charge is 0.493 e. The van der Waals surface area contributed by atoms with Crippen LogP contribution in [0.1, 0.15) is 17.0 Å². The molecule has 0 radical (unpaired) electrons. The van der Waals surface area contributed by atoms with E-state index in [9.17, 15) is 4.79 Å². The zero-order valence-corrected chi connectivity index (χ0v) is 17.7. The van der Waals surface area contributed by atoms with Crippen LogP contribution in [0.3, 0.4) is 0 Å². The maximum absolute atomic E-state index is 12.6. The predicted octanol–water partition coefficient (Wildman–Crippen LogP) is 4.17. The van der Waals surface area contributed by atoms with E-state index in [0.29, 0.717) is 22.9 Å². The Morgan fingerprint density at radius 2 is 1.67 bits per heavy atom. The third-order valence-electron chi connectivity index (χ3n) is 4.51. The van der Waals surface area contributed by atoms with E-state index in [1.807, 2.05) is 48.9 Å². The van der Waals surface area contributed by atoms with E-state index in [-0.39, 0.29) is 5.91 Å². The number of carbonyl (C=O) groups excluding carboxylic acids is 1. The van der Waals surface area contributed by atoms with E-state index in [4.69, 9.17) is 14.2 Å². The highest BCUT2D eigenvalue weighted by Gasteiger charge is 2.13. The SMILES string of the molecule is COc1cc(/C=C/C(=O)Nc2ccccc2-n2nc(C)cc2C)cc(OC)c1OC. The smallest absolute Gasteiger partial charge is 0.248 e. The third-order valence-corrected chi connectivity index (χ3v) is 4.51. The van der Waals surface area contributed by atoms with Crippen LogP contribution >= 0.6 is 0 Å². The Morgan fingerprint density at radius 3 is 2.23 bits per heavy atom. The van der Waals surface area contributed by atoms with Crippen molar-refractivity contribution >= 4 is 17.7 Å². The van der Waals surface area contributed by atoms with Crippen LogP contribution in [0.15, 0.2) is 48.5 Å². The number of hydrogen-bond acceptors (Lipinski definition) is 5. The second-order valence-corrected chi connectivity index (χ2v) is 6.64. The lowest BCUT2D eigenvalue weighted by Crippen LogP contribution is -2.11. The molecule has 1 N–H and O–H groups in total. The molecule has 0 atom stereocenters. The van der Waals surface area contributed by atoms with Gasteiger partial charge in [-0.3, -0.25) is 4.79 Å². The summed E-state index contributed by atoms with van der Waals surface area (Å²) in [6, 6.07) is 13.1. The number of amides is 1. The van der Waals surface area contributed by atoms with Gasteiger partial charge in [-0.2, -0.15) is 5.10 Å². The Balaban J connectivity index is 1.83. The monoisotopic (exact) mass is 407 g/mol. The minimum Gasteiger partial charge on any atom is -0.493 e. The fraction of sp³-hybridized carbons (Fsp3) is 0.217. The lowest BCUT2D eigenvalue weighted by atomic mass is 10.1. The molecule has 0 saturated heterocycles. The van der Waals surface area contributed by atoms with Gasteiger partial charge in [0.1, 0.15) is 0 Å². The first-order valence-corrected chi connectivity index (χ1v) is 9.38. The van der Waals surface area contributed by atoms with Gasteiger partial charge < -0.3 is 19.5 Å². The fourth-order valence-corrected chi connectivity index (χ4v) is 3.18. The molecule has 0 aliphatic rings. The summed E-state index contributed by atoms with van der Waals surface area (Å²) < 4.78 is 17.8. The number of nitrogens with one attached hydrogen (secondary N) is 1. The number of anilines is 1. The molecule has 0 bridgehead atoms. The van der Waals surface area contributed by atoms with E-state index >= 15 is 0 Å². The molecule has 0 fully saturated rings. The quantitative estimate of drug-likeness (QED) is 0.595. The molecule has 1 heterocycles. The van der Waals surface area contributed by atoms with Crippen molar-refractivity contribution in [1.29, 1.82) is 0 Å². The number of benzene rings is 2. The first-order chi connectivity index (χ1) is 14.5. The number of aryl methyl sites for hydroxylation is 2. The summed E-state index contributed by atoms with van der Waals surface area (Å²) in [5, 5.41) is 7.43. The van der Waals surface area contributed by atoms with Crippen molar-refractivity contribution in [3.63, 3.8) is 0 Å². The molecular formula is C23H25N3O4. The van der Waals surface area contributed by atoms with Gasteiger partial charge in [0.15, 0.2) is 11.5 Å². The highest BCUT2D eigenvalue weighted by Crippen LogP contribution is 2.38. The summed E-state index contributed by atoms with van der Waals surface area (Å²) in [6.07, 6.45) is 3.14. The zero-order valence-electron chi connectivity index (χ0n) is 17.7. The third kappa shape index (κ3) is 4.46. The molecule has 0 aliphatic heterocycles. The molecule has 0 saturated carbocycles. The average Bonchev–Trinajstić information content (AvgIpc) is 3.09. The van der Waals surface area contributed by atoms with Crippen LogP contribution in [0.25, 0.3) is 11.8 Å². The number of nitrogens with zero attached hydrogens (tertiary/aromatic N) is 2. The van der Waals surface area contributed by atoms with E-state index < -0.39 is 0 Å². The summed E-state index contributed by atoms with van der Waals surface area (Å²) in [5.41, 5.74) is 4.12. The van der Waals surface area contributed by atoms with Gasteiger partial charge >= 0.3 is 0 Å². The van der Waals surface area contributed by atoms with E-state index in [1.165, 1.54) is 6.08 Å². The van der Waals surface area contributed by atoms with Gasteiger partial charge in [-0.15, -0.1) is 0 Å². The van der Waals surface area contributed by atoms with Gasteiger partial charge in [0.2, 0.25) is 11.7 Å².